The first-order valence-corrected chi connectivity index (χ1v) is 6.84. The minimum atomic E-state index is 0.540. The highest BCUT2D eigenvalue weighted by atomic mass is 15.4. The Hall–Kier alpha value is -1.91. The third-order valence-electron chi connectivity index (χ3n) is 3.83. The van der Waals surface area contributed by atoms with E-state index in [0.29, 0.717) is 6.04 Å². The molecule has 0 aliphatic carbocycles. The lowest BCUT2D eigenvalue weighted by Gasteiger charge is -2.33. The number of aromatic nitrogens is 4. The Bertz CT molecular complexity index is 548. The van der Waals surface area contributed by atoms with Crippen LogP contribution in [0.1, 0.15) is 26.2 Å². The number of hydrogen-bond acceptors (Lipinski definition) is 4. The van der Waals surface area contributed by atoms with Crippen molar-refractivity contribution in [1.29, 1.82) is 0 Å². The maximum Gasteiger partial charge on any atom is 0.227 e. The Balaban J connectivity index is 1.95. The van der Waals surface area contributed by atoms with Crippen molar-refractivity contribution >= 4 is 5.95 Å². The molecule has 1 aliphatic rings. The van der Waals surface area contributed by atoms with E-state index in [4.69, 9.17) is 0 Å². The van der Waals surface area contributed by atoms with Crippen LogP contribution in [0.2, 0.25) is 0 Å². The maximum atomic E-state index is 4.38. The summed E-state index contributed by atoms with van der Waals surface area (Å²) in [5.74, 6) is 1.84. The zero-order valence-electron chi connectivity index (χ0n) is 11.5. The summed E-state index contributed by atoms with van der Waals surface area (Å²) < 4.78 is 2.07. The van der Waals surface area contributed by atoms with Gasteiger partial charge in [-0.1, -0.05) is 0 Å². The SMILES string of the molecule is C[C@@H]1CCCCN1c1nnc(-c2cccnc2)n1C. The van der Waals surface area contributed by atoms with Crippen molar-refractivity contribution in [3.8, 4) is 11.4 Å². The predicted molar refractivity (Wildman–Crippen MR) is 74.9 cm³/mol. The fourth-order valence-electron chi connectivity index (χ4n) is 2.71. The van der Waals surface area contributed by atoms with Crippen LogP contribution in [0.15, 0.2) is 24.5 Å². The highest BCUT2D eigenvalue weighted by molar-refractivity contribution is 5.56. The van der Waals surface area contributed by atoms with Crippen molar-refractivity contribution in [2.24, 2.45) is 7.05 Å². The van der Waals surface area contributed by atoms with E-state index < -0.39 is 0 Å². The summed E-state index contributed by atoms with van der Waals surface area (Å²) in [6, 6.07) is 4.48. The normalized spacial score (nSPS) is 19.7. The molecular weight excluding hydrogens is 238 g/mol. The standard InChI is InChI=1S/C14H19N5/c1-11-6-3-4-9-19(11)14-17-16-13(18(14)2)12-7-5-8-15-10-12/h5,7-8,10-11H,3-4,6,9H2,1-2H3/t11-/m1/s1. The molecule has 5 nitrogen and oxygen atoms in total. The predicted octanol–water partition coefficient (Wildman–Crippen LogP) is 2.26. The second-order valence-corrected chi connectivity index (χ2v) is 5.16. The van der Waals surface area contributed by atoms with Gasteiger partial charge in [0.1, 0.15) is 0 Å². The molecule has 2 aromatic rings. The number of rotatable bonds is 2. The van der Waals surface area contributed by atoms with E-state index in [0.717, 1.165) is 23.9 Å². The maximum absolute atomic E-state index is 4.38. The van der Waals surface area contributed by atoms with Crippen LogP contribution in [0.3, 0.4) is 0 Å². The van der Waals surface area contributed by atoms with Gasteiger partial charge < -0.3 is 4.90 Å². The third-order valence-corrected chi connectivity index (χ3v) is 3.83. The molecule has 100 valence electrons. The molecule has 0 amide bonds. The van der Waals surface area contributed by atoms with Crippen molar-refractivity contribution in [2.75, 3.05) is 11.4 Å². The molecule has 1 fully saturated rings. The van der Waals surface area contributed by atoms with Gasteiger partial charge in [0.2, 0.25) is 5.95 Å². The van der Waals surface area contributed by atoms with Gasteiger partial charge in [0.15, 0.2) is 5.82 Å². The minimum absolute atomic E-state index is 0.540. The Labute approximate surface area is 113 Å². The summed E-state index contributed by atoms with van der Waals surface area (Å²) in [6.45, 7) is 3.33. The molecule has 1 saturated heterocycles. The van der Waals surface area contributed by atoms with Crippen molar-refractivity contribution in [3.63, 3.8) is 0 Å². The van der Waals surface area contributed by atoms with Crippen LogP contribution in [-0.4, -0.2) is 32.3 Å². The molecule has 1 aliphatic heterocycles. The average molecular weight is 257 g/mol. The summed E-state index contributed by atoms with van der Waals surface area (Å²) in [5, 5.41) is 8.70. The summed E-state index contributed by atoms with van der Waals surface area (Å²) in [7, 11) is 2.03. The number of nitrogens with zero attached hydrogens (tertiary/aromatic N) is 5. The molecule has 0 saturated carbocycles. The Morgan fingerprint density at radius 2 is 2.16 bits per heavy atom. The second-order valence-electron chi connectivity index (χ2n) is 5.16. The summed E-state index contributed by atoms with van der Waals surface area (Å²) in [5.41, 5.74) is 1.01. The molecule has 0 bridgehead atoms. The van der Waals surface area contributed by atoms with Crippen molar-refractivity contribution < 1.29 is 0 Å². The van der Waals surface area contributed by atoms with E-state index in [1.165, 1.54) is 19.3 Å². The van der Waals surface area contributed by atoms with Crippen LogP contribution < -0.4 is 4.90 Å². The van der Waals surface area contributed by atoms with E-state index in [1.54, 1.807) is 6.20 Å². The Morgan fingerprint density at radius 3 is 2.89 bits per heavy atom. The van der Waals surface area contributed by atoms with Crippen LogP contribution in [0.25, 0.3) is 11.4 Å². The molecule has 5 heteroatoms. The van der Waals surface area contributed by atoms with Crippen molar-refractivity contribution in [3.05, 3.63) is 24.5 Å². The van der Waals surface area contributed by atoms with Crippen LogP contribution in [0.5, 0.6) is 0 Å². The van der Waals surface area contributed by atoms with E-state index in [1.807, 2.05) is 25.4 Å². The fraction of sp³-hybridized carbons (Fsp3) is 0.500. The number of anilines is 1. The zero-order chi connectivity index (χ0) is 13.2. The molecule has 19 heavy (non-hydrogen) atoms. The van der Waals surface area contributed by atoms with Crippen LogP contribution in [0, 0.1) is 0 Å². The molecule has 1 atom stereocenters. The number of pyridine rings is 1. The number of hydrogen-bond donors (Lipinski definition) is 0. The fourth-order valence-corrected chi connectivity index (χ4v) is 2.71. The molecule has 0 N–H and O–H groups in total. The summed E-state index contributed by atoms with van der Waals surface area (Å²) in [6.07, 6.45) is 7.38. The van der Waals surface area contributed by atoms with Gasteiger partial charge in [-0.05, 0) is 38.3 Å². The smallest absolute Gasteiger partial charge is 0.227 e. The van der Waals surface area contributed by atoms with Gasteiger partial charge in [0, 0.05) is 37.6 Å². The highest BCUT2D eigenvalue weighted by Gasteiger charge is 2.23. The van der Waals surface area contributed by atoms with Crippen LogP contribution in [0.4, 0.5) is 5.95 Å². The average Bonchev–Trinajstić information content (AvgIpc) is 2.82. The molecule has 0 aromatic carbocycles. The molecule has 3 heterocycles. The van der Waals surface area contributed by atoms with Crippen molar-refractivity contribution in [1.82, 2.24) is 19.7 Å². The summed E-state index contributed by atoms with van der Waals surface area (Å²) in [4.78, 5) is 6.50. The van der Waals surface area contributed by atoms with Gasteiger partial charge in [-0.2, -0.15) is 0 Å². The van der Waals surface area contributed by atoms with E-state index in [9.17, 15) is 0 Å². The molecule has 3 rings (SSSR count). The van der Waals surface area contributed by atoms with Crippen LogP contribution in [-0.2, 0) is 7.05 Å². The van der Waals surface area contributed by atoms with E-state index in [-0.39, 0.29) is 0 Å². The first kappa shape index (κ1) is 12.1. The van der Waals surface area contributed by atoms with E-state index >= 15 is 0 Å². The molecule has 2 aromatic heterocycles. The number of piperidine rings is 1. The first-order valence-electron chi connectivity index (χ1n) is 6.84. The van der Waals surface area contributed by atoms with Gasteiger partial charge in [-0.25, -0.2) is 0 Å². The Morgan fingerprint density at radius 1 is 1.26 bits per heavy atom. The zero-order valence-corrected chi connectivity index (χ0v) is 11.5. The molecule has 0 spiro atoms. The van der Waals surface area contributed by atoms with Crippen LogP contribution >= 0.6 is 0 Å². The second kappa shape index (κ2) is 4.99. The first-order chi connectivity index (χ1) is 9.27. The van der Waals surface area contributed by atoms with Gasteiger partial charge >= 0.3 is 0 Å². The van der Waals surface area contributed by atoms with Crippen molar-refractivity contribution in [2.45, 2.75) is 32.2 Å². The summed E-state index contributed by atoms with van der Waals surface area (Å²) >= 11 is 0. The minimum Gasteiger partial charge on any atom is -0.338 e. The third kappa shape index (κ3) is 2.20. The largest absolute Gasteiger partial charge is 0.338 e. The van der Waals surface area contributed by atoms with Gasteiger partial charge in [-0.3, -0.25) is 9.55 Å². The lowest BCUT2D eigenvalue weighted by Crippen LogP contribution is -2.39. The van der Waals surface area contributed by atoms with Gasteiger partial charge in [0.05, 0.1) is 0 Å². The lowest BCUT2D eigenvalue weighted by atomic mass is 10.0. The lowest BCUT2D eigenvalue weighted by molar-refractivity contribution is 0.473. The van der Waals surface area contributed by atoms with Gasteiger partial charge in [0.25, 0.3) is 0 Å². The quantitative estimate of drug-likeness (QED) is 0.828. The topological polar surface area (TPSA) is 46.8 Å². The molecule has 0 radical (unpaired) electrons. The molecular formula is C14H19N5. The molecule has 0 unspecified atom stereocenters. The monoisotopic (exact) mass is 257 g/mol. The Kier molecular flexibility index (Phi) is 3.19. The van der Waals surface area contributed by atoms with Gasteiger partial charge in [-0.15, -0.1) is 10.2 Å². The van der Waals surface area contributed by atoms with E-state index in [2.05, 4.69) is 31.6 Å². The highest BCUT2D eigenvalue weighted by Crippen LogP contribution is 2.25.